The molecule has 2 aromatic rings. The van der Waals surface area contributed by atoms with E-state index in [0.717, 1.165) is 5.56 Å². The van der Waals surface area contributed by atoms with Crippen molar-refractivity contribution in [3.63, 3.8) is 0 Å². The van der Waals surface area contributed by atoms with Crippen molar-refractivity contribution in [2.75, 3.05) is 5.32 Å². The average Bonchev–Trinajstić information content (AvgIpc) is 2.35. The molecule has 2 rings (SSSR count). The Morgan fingerprint density at radius 3 is 2.78 bits per heavy atom. The van der Waals surface area contributed by atoms with Crippen molar-refractivity contribution in [3.8, 4) is 0 Å². The first-order valence-electron chi connectivity index (χ1n) is 5.57. The SMILES string of the molecule is Cc1ccc(F)c(C(=O)Nc2cccnc2C)c1. The van der Waals surface area contributed by atoms with Gasteiger partial charge in [0.2, 0.25) is 0 Å². The van der Waals surface area contributed by atoms with E-state index in [4.69, 9.17) is 0 Å². The van der Waals surface area contributed by atoms with Crippen molar-refractivity contribution in [1.29, 1.82) is 0 Å². The van der Waals surface area contributed by atoms with Crippen LogP contribution in [0, 0.1) is 19.7 Å². The summed E-state index contributed by atoms with van der Waals surface area (Å²) in [6, 6.07) is 7.89. The standard InChI is InChI=1S/C14H13FN2O/c1-9-5-6-12(15)11(8-9)14(18)17-13-4-3-7-16-10(13)2/h3-8H,1-2H3,(H,17,18). The number of aromatic nitrogens is 1. The third-order valence-electron chi connectivity index (χ3n) is 2.62. The van der Waals surface area contributed by atoms with Crippen LogP contribution in [0.1, 0.15) is 21.6 Å². The fourth-order valence-electron chi connectivity index (χ4n) is 1.62. The number of rotatable bonds is 2. The van der Waals surface area contributed by atoms with Gasteiger partial charge in [0, 0.05) is 6.20 Å². The first-order valence-corrected chi connectivity index (χ1v) is 5.57. The first-order chi connectivity index (χ1) is 8.58. The van der Waals surface area contributed by atoms with Crippen LogP contribution in [-0.2, 0) is 0 Å². The van der Waals surface area contributed by atoms with E-state index in [1.54, 1.807) is 31.3 Å². The molecular weight excluding hydrogens is 231 g/mol. The summed E-state index contributed by atoms with van der Waals surface area (Å²) in [5.41, 5.74) is 2.16. The number of aryl methyl sites for hydroxylation is 2. The van der Waals surface area contributed by atoms with Crippen molar-refractivity contribution in [2.24, 2.45) is 0 Å². The fraction of sp³-hybridized carbons (Fsp3) is 0.143. The van der Waals surface area contributed by atoms with Gasteiger partial charge < -0.3 is 5.32 Å². The van der Waals surface area contributed by atoms with Gasteiger partial charge in [0.05, 0.1) is 16.9 Å². The minimum atomic E-state index is -0.528. The summed E-state index contributed by atoms with van der Waals surface area (Å²) in [5, 5.41) is 2.65. The minimum Gasteiger partial charge on any atom is -0.320 e. The molecule has 0 aliphatic carbocycles. The molecule has 0 saturated heterocycles. The van der Waals surface area contributed by atoms with E-state index in [1.165, 1.54) is 12.1 Å². The second-order valence-corrected chi connectivity index (χ2v) is 4.07. The lowest BCUT2D eigenvalue weighted by molar-refractivity contribution is 0.102. The molecule has 0 atom stereocenters. The van der Waals surface area contributed by atoms with Crippen molar-refractivity contribution in [3.05, 3.63) is 59.2 Å². The molecule has 1 aromatic carbocycles. The third-order valence-corrected chi connectivity index (χ3v) is 2.62. The number of hydrogen-bond donors (Lipinski definition) is 1. The molecule has 3 nitrogen and oxygen atoms in total. The second-order valence-electron chi connectivity index (χ2n) is 4.07. The third kappa shape index (κ3) is 2.53. The zero-order valence-electron chi connectivity index (χ0n) is 10.2. The molecule has 4 heteroatoms. The van der Waals surface area contributed by atoms with Crippen LogP contribution in [0.2, 0.25) is 0 Å². The maximum absolute atomic E-state index is 13.5. The van der Waals surface area contributed by atoms with Crippen LogP contribution >= 0.6 is 0 Å². The van der Waals surface area contributed by atoms with Gasteiger partial charge >= 0.3 is 0 Å². The number of pyridine rings is 1. The number of anilines is 1. The monoisotopic (exact) mass is 244 g/mol. The van der Waals surface area contributed by atoms with Crippen molar-refractivity contribution in [1.82, 2.24) is 4.98 Å². The number of hydrogen-bond acceptors (Lipinski definition) is 2. The molecule has 0 unspecified atom stereocenters. The number of carbonyl (C=O) groups excluding carboxylic acids is 1. The largest absolute Gasteiger partial charge is 0.320 e. The van der Waals surface area contributed by atoms with E-state index < -0.39 is 11.7 Å². The number of nitrogens with one attached hydrogen (secondary N) is 1. The molecule has 0 fully saturated rings. The summed E-state index contributed by atoms with van der Waals surface area (Å²) in [7, 11) is 0. The van der Waals surface area contributed by atoms with Crippen LogP contribution in [0.25, 0.3) is 0 Å². The summed E-state index contributed by atoms with van der Waals surface area (Å²) >= 11 is 0. The second kappa shape index (κ2) is 4.96. The van der Waals surface area contributed by atoms with Crippen LogP contribution in [-0.4, -0.2) is 10.9 Å². The van der Waals surface area contributed by atoms with Gasteiger partial charge in [-0.1, -0.05) is 11.6 Å². The zero-order chi connectivity index (χ0) is 13.1. The van der Waals surface area contributed by atoms with Gasteiger partial charge in [-0.05, 0) is 38.1 Å². The Balaban J connectivity index is 2.28. The van der Waals surface area contributed by atoms with Gasteiger partial charge in [-0.25, -0.2) is 4.39 Å². The molecule has 0 radical (unpaired) electrons. The molecule has 0 aliphatic rings. The summed E-state index contributed by atoms with van der Waals surface area (Å²) in [5.74, 6) is -0.994. The number of carbonyl (C=O) groups is 1. The van der Waals surface area contributed by atoms with Crippen LogP contribution in [0.5, 0.6) is 0 Å². The number of benzene rings is 1. The predicted octanol–water partition coefficient (Wildman–Crippen LogP) is 3.09. The summed E-state index contributed by atoms with van der Waals surface area (Å²) in [4.78, 5) is 16.0. The lowest BCUT2D eigenvalue weighted by Gasteiger charge is -2.08. The van der Waals surface area contributed by atoms with E-state index in [-0.39, 0.29) is 5.56 Å². The molecular formula is C14H13FN2O. The fourth-order valence-corrected chi connectivity index (χ4v) is 1.62. The quantitative estimate of drug-likeness (QED) is 0.882. The van der Waals surface area contributed by atoms with Gasteiger partial charge in [-0.15, -0.1) is 0 Å². The van der Waals surface area contributed by atoms with E-state index >= 15 is 0 Å². The predicted molar refractivity (Wildman–Crippen MR) is 68.1 cm³/mol. The maximum Gasteiger partial charge on any atom is 0.258 e. The Morgan fingerprint density at radius 2 is 2.06 bits per heavy atom. The smallest absolute Gasteiger partial charge is 0.258 e. The Labute approximate surface area is 105 Å². The Hall–Kier alpha value is -2.23. The van der Waals surface area contributed by atoms with Crippen molar-refractivity contribution < 1.29 is 9.18 Å². The number of amides is 1. The maximum atomic E-state index is 13.5. The molecule has 0 saturated carbocycles. The van der Waals surface area contributed by atoms with E-state index in [1.807, 2.05) is 6.92 Å². The van der Waals surface area contributed by atoms with E-state index in [2.05, 4.69) is 10.3 Å². The van der Waals surface area contributed by atoms with Crippen LogP contribution in [0.15, 0.2) is 36.5 Å². The van der Waals surface area contributed by atoms with E-state index in [9.17, 15) is 9.18 Å². The van der Waals surface area contributed by atoms with Crippen molar-refractivity contribution >= 4 is 11.6 Å². The highest BCUT2D eigenvalue weighted by molar-refractivity contribution is 6.04. The molecule has 92 valence electrons. The molecule has 0 bridgehead atoms. The highest BCUT2D eigenvalue weighted by Crippen LogP contribution is 2.15. The van der Waals surface area contributed by atoms with E-state index in [0.29, 0.717) is 11.4 Å². The molecule has 1 aromatic heterocycles. The first kappa shape index (κ1) is 12.2. The minimum absolute atomic E-state index is 0.0400. The summed E-state index contributed by atoms with van der Waals surface area (Å²) in [6.45, 7) is 3.59. The molecule has 18 heavy (non-hydrogen) atoms. The normalized spacial score (nSPS) is 10.2. The number of halogens is 1. The molecule has 0 spiro atoms. The van der Waals surface area contributed by atoms with Crippen LogP contribution in [0.4, 0.5) is 10.1 Å². The molecule has 1 heterocycles. The van der Waals surface area contributed by atoms with Gasteiger partial charge in [0.25, 0.3) is 5.91 Å². The van der Waals surface area contributed by atoms with Gasteiger partial charge in [-0.2, -0.15) is 0 Å². The highest BCUT2D eigenvalue weighted by atomic mass is 19.1. The topological polar surface area (TPSA) is 42.0 Å². The van der Waals surface area contributed by atoms with Gasteiger partial charge in [0.1, 0.15) is 5.82 Å². The summed E-state index contributed by atoms with van der Waals surface area (Å²) < 4.78 is 13.5. The lowest BCUT2D eigenvalue weighted by Crippen LogP contribution is -2.15. The lowest BCUT2D eigenvalue weighted by atomic mass is 10.1. The molecule has 1 amide bonds. The Bertz CT molecular complexity index is 596. The molecule has 1 N–H and O–H groups in total. The summed E-state index contributed by atoms with van der Waals surface area (Å²) in [6.07, 6.45) is 1.64. The number of nitrogens with zero attached hydrogens (tertiary/aromatic N) is 1. The van der Waals surface area contributed by atoms with Gasteiger partial charge in [-0.3, -0.25) is 9.78 Å². The van der Waals surface area contributed by atoms with Gasteiger partial charge in [0.15, 0.2) is 0 Å². The van der Waals surface area contributed by atoms with Crippen LogP contribution < -0.4 is 5.32 Å². The molecule has 0 aliphatic heterocycles. The highest BCUT2D eigenvalue weighted by Gasteiger charge is 2.12. The average molecular weight is 244 g/mol. The van der Waals surface area contributed by atoms with Crippen molar-refractivity contribution in [2.45, 2.75) is 13.8 Å². The Kier molecular flexibility index (Phi) is 3.37. The zero-order valence-corrected chi connectivity index (χ0v) is 10.2. The van der Waals surface area contributed by atoms with Crippen LogP contribution in [0.3, 0.4) is 0 Å². The Morgan fingerprint density at radius 1 is 1.28 bits per heavy atom.